The number of rotatable bonds is 6. The van der Waals surface area contributed by atoms with Crippen molar-refractivity contribution < 1.29 is 18.3 Å². The molecule has 11 heteroatoms. The highest BCUT2D eigenvalue weighted by atomic mass is 32.1. The van der Waals surface area contributed by atoms with Crippen LogP contribution in [0, 0.1) is 24.3 Å². The van der Waals surface area contributed by atoms with Crippen LogP contribution in [0.5, 0.6) is 5.75 Å². The Hall–Kier alpha value is -3.96. The van der Waals surface area contributed by atoms with Gasteiger partial charge in [0.1, 0.15) is 17.1 Å². The first kappa shape index (κ1) is 22.2. The summed E-state index contributed by atoms with van der Waals surface area (Å²) in [5.41, 5.74) is 0.510. The van der Waals surface area contributed by atoms with Gasteiger partial charge in [-0.05, 0) is 30.9 Å². The molecule has 1 aliphatic rings. The van der Waals surface area contributed by atoms with E-state index < -0.39 is 18.0 Å². The lowest BCUT2D eigenvalue weighted by atomic mass is 9.99. The van der Waals surface area contributed by atoms with Crippen molar-refractivity contribution >= 4 is 22.4 Å². The average molecular weight is 466 g/mol. The predicted octanol–water partition coefficient (Wildman–Crippen LogP) is 4.37. The van der Waals surface area contributed by atoms with Crippen LogP contribution < -0.4 is 10.1 Å². The highest BCUT2D eigenvalue weighted by Crippen LogP contribution is 2.35. The molecule has 0 atom stereocenters. The van der Waals surface area contributed by atoms with Gasteiger partial charge >= 0.3 is 0 Å². The third-order valence-electron chi connectivity index (χ3n) is 4.67. The lowest BCUT2D eigenvalue weighted by Crippen LogP contribution is -2.14. The second kappa shape index (κ2) is 9.67. The number of carbonyl (C=O) groups is 1. The predicted molar refractivity (Wildman–Crippen MR) is 117 cm³/mol. The molecule has 1 aliphatic carbocycles. The van der Waals surface area contributed by atoms with Gasteiger partial charge in [-0.25, -0.2) is 15.4 Å². The molecule has 0 aliphatic heterocycles. The largest absolute Gasteiger partial charge is 0.494 e. The standard InChI is InChI=1S/C22H16F2N6O2S/c1-25-9-13-7-14(15-8-17(20(23)24)27-11-18(15)32-2)16(10-26-13)21(31)28-22-30-29-19(33-22)6-5-12-3-4-12/h7-8,10-12,20H,3-4,9H2,2H3,(H,28,30,31). The zero-order valence-corrected chi connectivity index (χ0v) is 18.1. The minimum atomic E-state index is -2.81. The fourth-order valence-electron chi connectivity index (χ4n) is 2.90. The van der Waals surface area contributed by atoms with Gasteiger partial charge in [-0.2, -0.15) is 0 Å². The zero-order chi connectivity index (χ0) is 23.4. The molecule has 0 aromatic carbocycles. The van der Waals surface area contributed by atoms with Crippen molar-refractivity contribution in [1.82, 2.24) is 20.2 Å². The van der Waals surface area contributed by atoms with Crippen molar-refractivity contribution in [1.29, 1.82) is 0 Å². The molecule has 4 rings (SSSR count). The van der Waals surface area contributed by atoms with E-state index in [-0.39, 0.29) is 34.1 Å². The van der Waals surface area contributed by atoms with Gasteiger partial charge in [0.2, 0.25) is 5.13 Å². The Morgan fingerprint density at radius 1 is 1.30 bits per heavy atom. The maximum absolute atomic E-state index is 13.3. The van der Waals surface area contributed by atoms with Crippen LogP contribution in [0.1, 0.15) is 46.0 Å². The Bertz CT molecular complexity index is 1300. The van der Waals surface area contributed by atoms with Crippen molar-refractivity contribution in [2.45, 2.75) is 25.8 Å². The summed E-state index contributed by atoms with van der Waals surface area (Å²) < 4.78 is 31.9. The van der Waals surface area contributed by atoms with Crippen LogP contribution in [0.3, 0.4) is 0 Å². The van der Waals surface area contributed by atoms with Crippen LogP contribution in [0.4, 0.5) is 13.9 Å². The van der Waals surface area contributed by atoms with E-state index >= 15 is 0 Å². The average Bonchev–Trinajstić information content (AvgIpc) is 3.55. The summed E-state index contributed by atoms with van der Waals surface area (Å²) >= 11 is 1.13. The molecule has 1 N–H and O–H groups in total. The second-order valence-corrected chi connectivity index (χ2v) is 8.04. The highest BCUT2D eigenvalue weighted by Gasteiger charge is 2.22. The van der Waals surface area contributed by atoms with Gasteiger partial charge in [0.25, 0.3) is 18.9 Å². The fourth-order valence-corrected chi connectivity index (χ4v) is 3.50. The first-order chi connectivity index (χ1) is 16.0. The normalized spacial score (nSPS) is 12.6. The molecule has 0 spiro atoms. The number of hydrogen-bond donors (Lipinski definition) is 1. The van der Waals surface area contributed by atoms with Gasteiger partial charge in [-0.3, -0.25) is 20.1 Å². The summed E-state index contributed by atoms with van der Waals surface area (Å²) in [6, 6.07) is 2.67. The molecule has 1 saturated carbocycles. The van der Waals surface area contributed by atoms with Crippen LogP contribution >= 0.6 is 11.3 Å². The molecule has 33 heavy (non-hydrogen) atoms. The van der Waals surface area contributed by atoms with Crippen LogP contribution in [-0.4, -0.2) is 33.2 Å². The third-order valence-corrected chi connectivity index (χ3v) is 5.43. The van der Waals surface area contributed by atoms with Crippen molar-refractivity contribution in [3.63, 3.8) is 0 Å². The molecular weight excluding hydrogens is 450 g/mol. The van der Waals surface area contributed by atoms with Gasteiger partial charge in [0.05, 0.1) is 18.9 Å². The lowest BCUT2D eigenvalue weighted by molar-refractivity contribution is 0.102. The van der Waals surface area contributed by atoms with Crippen molar-refractivity contribution in [3.8, 4) is 28.7 Å². The minimum absolute atomic E-state index is 0.0383. The molecule has 1 amide bonds. The highest BCUT2D eigenvalue weighted by molar-refractivity contribution is 7.15. The van der Waals surface area contributed by atoms with E-state index in [2.05, 4.69) is 42.2 Å². The molecule has 166 valence electrons. The molecule has 0 radical (unpaired) electrons. The van der Waals surface area contributed by atoms with Crippen LogP contribution in [0.15, 0.2) is 24.5 Å². The van der Waals surface area contributed by atoms with E-state index in [1.54, 1.807) is 0 Å². The maximum atomic E-state index is 13.3. The van der Waals surface area contributed by atoms with Crippen LogP contribution in [0.25, 0.3) is 16.0 Å². The minimum Gasteiger partial charge on any atom is -0.494 e. The number of pyridine rings is 2. The number of alkyl halides is 2. The number of carbonyl (C=O) groups excluding carboxylic acids is 1. The topological polar surface area (TPSA) is 94.2 Å². The molecule has 0 unspecified atom stereocenters. The van der Waals surface area contributed by atoms with Gasteiger partial charge in [-0.15, -0.1) is 10.2 Å². The van der Waals surface area contributed by atoms with E-state index in [1.165, 1.54) is 25.6 Å². The number of halogens is 2. The Labute approximate surface area is 191 Å². The van der Waals surface area contributed by atoms with Crippen molar-refractivity contribution in [3.05, 3.63) is 57.9 Å². The fraction of sp³-hybridized carbons (Fsp3) is 0.273. The van der Waals surface area contributed by atoms with E-state index in [4.69, 9.17) is 11.3 Å². The number of ether oxygens (including phenoxy) is 1. The summed E-state index contributed by atoms with van der Waals surface area (Å²) in [5.74, 6) is 6.05. The van der Waals surface area contributed by atoms with E-state index in [1.807, 2.05) is 0 Å². The Balaban J connectivity index is 1.70. The van der Waals surface area contributed by atoms with E-state index in [9.17, 15) is 13.6 Å². The van der Waals surface area contributed by atoms with Crippen molar-refractivity contribution in [2.75, 3.05) is 12.4 Å². The lowest BCUT2D eigenvalue weighted by Gasteiger charge is -2.14. The number of methoxy groups -OCH3 is 1. The molecule has 3 heterocycles. The summed E-state index contributed by atoms with van der Waals surface area (Å²) in [6.45, 7) is 7.05. The SMILES string of the molecule is [C-]#[N+]Cc1cc(-c2cc(C(F)F)ncc2OC)c(C(=O)Nc2nnc(C#CC3CC3)s2)cn1. The van der Waals surface area contributed by atoms with E-state index in [0.717, 1.165) is 30.2 Å². The van der Waals surface area contributed by atoms with Gasteiger partial charge in [-0.1, -0.05) is 17.3 Å². The summed E-state index contributed by atoms with van der Waals surface area (Å²) in [7, 11) is 1.37. The Morgan fingerprint density at radius 2 is 2.12 bits per heavy atom. The number of anilines is 1. The monoisotopic (exact) mass is 466 g/mol. The molecule has 3 aromatic rings. The van der Waals surface area contributed by atoms with E-state index in [0.29, 0.717) is 16.6 Å². The number of nitrogens with one attached hydrogen (secondary N) is 1. The third kappa shape index (κ3) is 5.27. The molecule has 0 bridgehead atoms. The van der Waals surface area contributed by atoms with Gasteiger partial charge in [0, 0.05) is 23.2 Å². The number of nitrogens with zero attached hydrogens (tertiary/aromatic N) is 5. The smallest absolute Gasteiger partial charge is 0.280 e. The van der Waals surface area contributed by atoms with Crippen LogP contribution in [0.2, 0.25) is 0 Å². The van der Waals surface area contributed by atoms with Gasteiger partial charge in [0.15, 0.2) is 5.01 Å². The Morgan fingerprint density at radius 3 is 2.82 bits per heavy atom. The Kier molecular flexibility index (Phi) is 6.52. The summed E-state index contributed by atoms with van der Waals surface area (Å²) in [6.07, 6.45) is 1.82. The first-order valence-corrected chi connectivity index (χ1v) is 10.6. The summed E-state index contributed by atoms with van der Waals surface area (Å²) in [5, 5.41) is 11.3. The molecule has 3 aromatic heterocycles. The molecule has 8 nitrogen and oxygen atoms in total. The quantitative estimate of drug-likeness (QED) is 0.428. The summed E-state index contributed by atoms with van der Waals surface area (Å²) in [4.78, 5) is 24.2. The second-order valence-electron chi connectivity index (χ2n) is 7.06. The number of hydrogen-bond acceptors (Lipinski definition) is 7. The first-order valence-electron chi connectivity index (χ1n) is 9.79. The zero-order valence-electron chi connectivity index (χ0n) is 17.3. The van der Waals surface area contributed by atoms with Gasteiger partial charge < -0.3 is 9.58 Å². The molecule has 1 fully saturated rings. The molecule has 0 saturated heterocycles. The molecular formula is C22H16F2N6O2S. The number of aromatic nitrogens is 4. The number of amides is 1. The van der Waals surface area contributed by atoms with Crippen LogP contribution in [-0.2, 0) is 6.54 Å². The van der Waals surface area contributed by atoms with Crippen molar-refractivity contribution in [2.24, 2.45) is 5.92 Å². The maximum Gasteiger partial charge on any atom is 0.280 e.